The van der Waals surface area contributed by atoms with Crippen LogP contribution in [0.4, 0.5) is 10.1 Å². The van der Waals surface area contributed by atoms with Crippen LogP contribution in [0.5, 0.6) is 0 Å². The monoisotopic (exact) mass is 394 g/mol. The summed E-state index contributed by atoms with van der Waals surface area (Å²) in [7, 11) is -3.75. The number of thioether (sulfide) groups is 1. The van der Waals surface area contributed by atoms with E-state index in [2.05, 4.69) is 4.72 Å². The highest BCUT2D eigenvalue weighted by atomic mass is 32.2. The van der Waals surface area contributed by atoms with E-state index in [4.69, 9.17) is 0 Å². The van der Waals surface area contributed by atoms with Gasteiger partial charge in [0.15, 0.2) is 0 Å². The van der Waals surface area contributed by atoms with E-state index in [1.165, 1.54) is 31.2 Å². The second kappa shape index (κ2) is 7.77. The number of fused-ring (bicyclic) bond motifs is 1. The van der Waals surface area contributed by atoms with E-state index in [1.54, 1.807) is 34.9 Å². The van der Waals surface area contributed by atoms with Crippen LogP contribution >= 0.6 is 11.8 Å². The molecule has 0 bridgehead atoms. The lowest BCUT2D eigenvalue weighted by atomic mass is 10.2. The van der Waals surface area contributed by atoms with Crippen molar-refractivity contribution < 1.29 is 17.6 Å². The Morgan fingerprint density at radius 1 is 1.23 bits per heavy atom. The van der Waals surface area contributed by atoms with Crippen molar-refractivity contribution in [2.45, 2.75) is 29.7 Å². The Hall–Kier alpha value is -1.90. The van der Waals surface area contributed by atoms with Crippen molar-refractivity contribution in [3.05, 3.63) is 53.8 Å². The van der Waals surface area contributed by atoms with E-state index in [1.807, 2.05) is 0 Å². The van der Waals surface area contributed by atoms with Crippen molar-refractivity contribution in [3.8, 4) is 0 Å². The molecular formula is C18H19FN2O3S2. The van der Waals surface area contributed by atoms with Crippen molar-refractivity contribution in [3.63, 3.8) is 0 Å². The van der Waals surface area contributed by atoms with Gasteiger partial charge >= 0.3 is 0 Å². The Bertz CT molecular complexity index is 915. The summed E-state index contributed by atoms with van der Waals surface area (Å²) in [6.07, 6.45) is 0.851. The minimum Gasteiger partial charge on any atom is -0.311 e. The normalized spacial score (nSPS) is 14.6. The van der Waals surface area contributed by atoms with E-state index in [0.29, 0.717) is 17.8 Å². The summed E-state index contributed by atoms with van der Waals surface area (Å²) in [6.45, 7) is 2.11. The fraction of sp³-hybridized carbons (Fsp3) is 0.278. The zero-order chi connectivity index (χ0) is 18.7. The molecule has 5 nitrogen and oxygen atoms in total. The van der Waals surface area contributed by atoms with Crippen molar-refractivity contribution in [1.29, 1.82) is 0 Å². The van der Waals surface area contributed by atoms with E-state index in [0.717, 1.165) is 17.1 Å². The quantitative estimate of drug-likeness (QED) is 0.865. The molecule has 0 saturated heterocycles. The van der Waals surface area contributed by atoms with Crippen molar-refractivity contribution in [1.82, 2.24) is 4.72 Å². The highest BCUT2D eigenvalue weighted by molar-refractivity contribution is 7.99. The number of carbonyl (C=O) groups is 1. The first-order valence-corrected chi connectivity index (χ1v) is 10.6. The van der Waals surface area contributed by atoms with Crippen LogP contribution in [-0.4, -0.2) is 26.6 Å². The van der Waals surface area contributed by atoms with Crippen LogP contribution in [0.15, 0.2) is 52.3 Å². The zero-order valence-corrected chi connectivity index (χ0v) is 15.9. The summed E-state index contributed by atoms with van der Waals surface area (Å²) in [5, 5.41) is 0. The third-order valence-electron chi connectivity index (χ3n) is 4.07. The number of benzene rings is 2. The average Bonchev–Trinajstić information content (AvgIpc) is 2.83. The second-order valence-corrected chi connectivity index (χ2v) is 8.86. The predicted octanol–water partition coefficient (Wildman–Crippen LogP) is 3.15. The maximum atomic E-state index is 12.9. The first kappa shape index (κ1) is 18.9. The van der Waals surface area contributed by atoms with Gasteiger partial charge in [0.25, 0.3) is 0 Å². The number of carbonyl (C=O) groups excluding carboxylic acids is 1. The van der Waals surface area contributed by atoms with Gasteiger partial charge in [-0.2, -0.15) is 0 Å². The summed E-state index contributed by atoms with van der Waals surface area (Å²) in [6, 6.07) is 10.5. The van der Waals surface area contributed by atoms with Crippen LogP contribution in [0.2, 0.25) is 0 Å². The van der Waals surface area contributed by atoms with Crippen LogP contribution < -0.4 is 9.62 Å². The molecule has 0 saturated carbocycles. The predicted molar refractivity (Wildman–Crippen MR) is 100 cm³/mol. The highest BCUT2D eigenvalue weighted by Gasteiger charge is 2.22. The average molecular weight is 394 g/mol. The lowest BCUT2D eigenvalue weighted by Gasteiger charge is -2.21. The van der Waals surface area contributed by atoms with Crippen LogP contribution in [-0.2, 0) is 21.4 Å². The Morgan fingerprint density at radius 2 is 1.96 bits per heavy atom. The molecule has 1 amide bonds. The number of hydrogen-bond acceptors (Lipinski definition) is 4. The topological polar surface area (TPSA) is 66.5 Å². The third-order valence-corrected chi connectivity index (χ3v) is 6.62. The van der Waals surface area contributed by atoms with Gasteiger partial charge in [0.1, 0.15) is 5.82 Å². The maximum Gasteiger partial charge on any atom is 0.240 e. The van der Waals surface area contributed by atoms with Crippen LogP contribution in [0, 0.1) is 5.82 Å². The molecule has 0 spiro atoms. The first-order chi connectivity index (χ1) is 12.4. The van der Waals surface area contributed by atoms with Crippen LogP contribution in [0.25, 0.3) is 0 Å². The van der Waals surface area contributed by atoms with Gasteiger partial charge in [-0.25, -0.2) is 17.5 Å². The maximum absolute atomic E-state index is 12.9. The van der Waals surface area contributed by atoms with Gasteiger partial charge in [0.2, 0.25) is 15.9 Å². The molecule has 1 N–H and O–H groups in total. The van der Waals surface area contributed by atoms with E-state index in [-0.39, 0.29) is 23.2 Å². The number of nitrogens with one attached hydrogen (secondary N) is 1. The molecule has 1 aliphatic heterocycles. The fourth-order valence-corrected chi connectivity index (χ4v) is 4.73. The van der Waals surface area contributed by atoms with E-state index in [9.17, 15) is 17.6 Å². The summed E-state index contributed by atoms with van der Waals surface area (Å²) >= 11 is 1.62. The molecule has 0 atom stereocenters. The Kier molecular flexibility index (Phi) is 5.64. The van der Waals surface area contributed by atoms with Crippen molar-refractivity contribution in [2.75, 3.05) is 17.2 Å². The number of sulfonamides is 1. The van der Waals surface area contributed by atoms with Gasteiger partial charge in [-0.3, -0.25) is 4.79 Å². The van der Waals surface area contributed by atoms with Crippen LogP contribution in [0.1, 0.15) is 18.9 Å². The number of amides is 1. The van der Waals surface area contributed by atoms with Gasteiger partial charge < -0.3 is 4.90 Å². The van der Waals surface area contributed by atoms with Gasteiger partial charge in [0.05, 0.1) is 10.6 Å². The zero-order valence-electron chi connectivity index (χ0n) is 14.2. The second-order valence-electron chi connectivity index (χ2n) is 5.95. The summed E-state index contributed by atoms with van der Waals surface area (Å²) in [5.74, 6) is 0.401. The first-order valence-electron chi connectivity index (χ1n) is 8.16. The lowest BCUT2D eigenvalue weighted by Crippen LogP contribution is -2.30. The Morgan fingerprint density at radius 3 is 2.65 bits per heavy atom. The summed E-state index contributed by atoms with van der Waals surface area (Å²) in [5.41, 5.74) is 1.29. The highest BCUT2D eigenvalue weighted by Crippen LogP contribution is 2.35. The van der Waals surface area contributed by atoms with Crippen molar-refractivity contribution in [2.24, 2.45) is 0 Å². The molecule has 138 valence electrons. The molecule has 3 rings (SSSR count). The molecule has 0 radical (unpaired) electrons. The minimum atomic E-state index is -3.75. The van der Waals surface area contributed by atoms with Gasteiger partial charge in [-0.05, 0) is 48.1 Å². The lowest BCUT2D eigenvalue weighted by molar-refractivity contribution is -0.116. The smallest absolute Gasteiger partial charge is 0.240 e. The van der Waals surface area contributed by atoms with Gasteiger partial charge in [-0.1, -0.05) is 12.1 Å². The number of anilines is 1. The Balaban J connectivity index is 1.86. The van der Waals surface area contributed by atoms with Crippen molar-refractivity contribution >= 4 is 33.4 Å². The molecule has 0 unspecified atom stereocenters. The molecule has 2 aromatic carbocycles. The summed E-state index contributed by atoms with van der Waals surface area (Å²) in [4.78, 5) is 14.6. The molecule has 0 aliphatic carbocycles. The SMILES string of the molecule is CC(=O)N1CCCSc2ccc(S(=O)(=O)NCc3ccc(F)cc3)cc21. The van der Waals surface area contributed by atoms with Gasteiger partial charge in [-0.15, -0.1) is 11.8 Å². The van der Waals surface area contributed by atoms with Gasteiger partial charge in [0, 0.05) is 24.9 Å². The third kappa shape index (κ3) is 4.25. The molecule has 1 heterocycles. The largest absolute Gasteiger partial charge is 0.311 e. The molecule has 1 aliphatic rings. The Labute approximate surface area is 156 Å². The fourth-order valence-electron chi connectivity index (χ4n) is 2.71. The molecule has 8 heteroatoms. The number of nitrogens with zero attached hydrogens (tertiary/aromatic N) is 1. The number of hydrogen-bond donors (Lipinski definition) is 1. The number of halogens is 1. The molecule has 0 fully saturated rings. The van der Waals surface area contributed by atoms with E-state index < -0.39 is 10.0 Å². The molecular weight excluding hydrogens is 375 g/mol. The van der Waals surface area contributed by atoms with Crippen LogP contribution in [0.3, 0.4) is 0 Å². The minimum absolute atomic E-state index is 0.0604. The standard InChI is InChI=1S/C18H19FN2O3S2/c1-13(22)21-9-2-10-25-18-8-7-16(11-17(18)21)26(23,24)20-12-14-3-5-15(19)6-4-14/h3-8,11,20H,2,9-10,12H2,1H3. The summed E-state index contributed by atoms with van der Waals surface area (Å²) < 4.78 is 40.7. The number of rotatable bonds is 4. The molecule has 2 aromatic rings. The molecule has 26 heavy (non-hydrogen) atoms. The molecule has 0 aromatic heterocycles. The van der Waals surface area contributed by atoms with E-state index >= 15 is 0 Å².